The van der Waals surface area contributed by atoms with Gasteiger partial charge in [0.2, 0.25) is 15.9 Å². The van der Waals surface area contributed by atoms with Crippen LogP contribution in [0.25, 0.3) is 0 Å². The standard InChI is InChI=1S/C19H36N4O3S/c1-16-4-3-5-17(14-16)20-19(24)15-21-10-12-22(13-11-21)18-6-8-23(9-7-18)27(2,25)26/h16-18H,3-15H2,1-2H3,(H,20,24)/t16-,17+/m0/s1. The Hall–Kier alpha value is -0.700. The summed E-state index contributed by atoms with van der Waals surface area (Å²) in [6.45, 7) is 7.82. The topological polar surface area (TPSA) is 73.0 Å². The van der Waals surface area contributed by atoms with Gasteiger partial charge in [-0.05, 0) is 31.6 Å². The van der Waals surface area contributed by atoms with E-state index in [-0.39, 0.29) is 5.91 Å². The van der Waals surface area contributed by atoms with Crippen molar-refractivity contribution in [3.05, 3.63) is 0 Å². The second-order valence-corrected chi connectivity index (χ2v) is 10.7. The minimum Gasteiger partial charge on any atom is -0.352 e. The Labute approximate surface area is 164 Å². The fourth-order valence-corrected chi connectivity index (χ4v) is 5.74. The molecule has 0 radical (unpaired) electrons. The normalized spacial score (nSPS) is 30.3. The van der Waals surface area contributed by atoms with E-state index < -0.39 is 10.0 Å². The molecule has 2 aliphatic heterocycles. The van der Waals surface area contributed by atoms with Gasteiger partial charge in [0, 0.05) is 51.4 Å². The number of amides is 1. The Morgan fingerprint density at radius 2 is 1.67 bits per heavy atom. The van der Waals surface area contributed by atoms with E-state index in [1.807, 2.05) is 0 Å². The van der Waals surface area contributed by atoms with Gasteiger partial charge in [0.1, 0.15) is 0 Å². The molecule has 1 saturated carbocycles. The number of carbonyl (C=O) groups excluding carboxylic acids is 1. The molecular formula is C19H36N4O3S. The predicted molar refractivity (Wildman–Crippen MR) is 107 cm³/mol. The zero-order valence-electron chi connectivity index (χ0n) is 16.9. The molecule has 0 aromatic rings. The van der Waals surface area contributed by atoms with E-state index in [0.717, 1.165) is 57.8 Å². The Bertz CT molecular complexity index is 596. The lowest BCUT2D eigenvalue weighted by atomic mass is 9.87. The number of hydrogen-bond donors (Lipinski definition) is 1. The summed E-state index contributed by atoms with van der Waals surface area (Å²) in [5.41, 5.74) is 0. The van der Waals surface area contributed by atoms with Crippen molar-refractivity contribution in [2.75, 3.05) is 52.1 Å². The lowest BCUT2D eigenvalue weighted by Crippen LogP contribution is -2.55. The molecule has 1 aliphatic carbocycles. The summed E-state index contributed by atoms with van der Waals surface area (Å²) in [6, 6.07) is 0.838. The van der Waals surface area contributed by atoms with Crippen LogP contribution in [0.15, 0.2) is 0 Å². The van der Waals surface area contributed by atoms with Gasteiger partial charge in [-0.3, -0.25) is 14.6 Å². The zero-order chi connectivity index (χ0) is 19.4. The number of piperidine rings is 1. The molecule has 1 N–H and O–H groups in total. The number of nitrogens with zero attached hydrogens (tertiary/aromatic N) is 3. The highest BCUT2D eigenvalue weighted by molar-refractivity contribution is 7.88. The van der Waals surface area contributed by atoms with Crippen LogP contribution < -0.4 is 5.32 Å². The average Bonchev–Trinajstić information content (AvgIpc) is 2.62. The van der Waals surface area contributed by atoms with Crippen molar-refractivity contribution in [3.63, 3.8) is 0 Å². The van der Waals surface area contributed by atoms with Crippen LogP contribution in [-0.2, 0) is 14.8 Å². The summed E-state index contributed by atoms with van der Waals surface area (Å²) in [5.74, 6) is 0.894. The van der Waals surface area contributed by atoms with Gasteiger partial charge < -0.3 is 5.32 Å². The first-order valence-electron chi connectivity index (χ1n) is 10.5. The fraction of sp³-hybridized carbons (Fsp3) is 0.947. The molecule has 2 atom stereocenters. The molecule has 3 fully saturated rings. The Morgan fingerprint density at radius 3 is 2.26 bits per heavy atom. The van der Waals surface area contributed by atoms with E-state index >= 15 is 0 Å². The number of carbonyl (C=O) groups is 1. The number of sulfonamides is 1. The van der Waals surface area contributed by atoms with Crippen LogP contribution in [0.5, 0.6) is 0 Å². The fourth-order valence-electron chi connectivity index (χ4n) is 4.87. The largest absolute Gasteiger partial charge is 0.352 e. The van der Waals surface area contributed by atoms with E-state index in [9.17, 15) is 13.2 Å². The Balaban J connectivity index is 1.36. The summed E-state index contributed by atoms with van der Waals surface area (Å²) in [4.78, 5) is 17.1. The monoisotopic (exact) mass is 400 g/mol. The second-order valence-electron chi connectivity index (χ2n) is 8.74. The van der Waals surface area contributed by atoms with Crippen LogP contribution in [0.2, 0.25) is 0 Å². The summed E-state index contributed by atoms with van der Waals surface area (Å²) >= 11 is 0. The zero-order valence-corrected chi connectivity index (χ0v) is 17.7. The maximum atomic E-state index is 12.4. The van der Waals surface area contributed by atoms with Crippen LogP contribution in [0, 0.1) is 5.92 Å². The van der Waals surface area contributed by atoms with Gasteiger partial charge in [-0.15, -0.1) is 0 Å². The van der Waals surface area contributed by atoms with E-state index in [1.165, 1.54) is 19.1 Å². The summed E-state index contributed by atoms with van der Waals surface area (Å²) in [7, 11) is -3.06. The summed E-state index contributed by atoms with van der Waals surface area (Å²) in [6.07, 6.45) is 7.87. The maximum Gasteiger partial charge on any atom is 0.234 e. The van der Waals surface area contributed by atoms with Gasteiger partial charge in [-0.2, -0.15) is 0 Å². The highest BCUT2D eigenvalue weighted by Gasteiger charge is 2.30. The van der Waals surface area contributed by atoms with Crippen LogP contribution >= 0.6 is 0 Å². The van der Waals surface area contributed by atoms with Crippen LogP contribution in [0.3, 0.4) is 0 Å². The molecule has 3 aliphatic rings. The molecule has 0 unspecified atom stereocenters. The first-order chi connectivity index (χ1) is 12.8. The molecule has 2 heterocycles. The molecule has 2 saturated heterocycles. The predicted octanol–water partition coefficient (Wildman–Crippen LogP) is 0.723. The number of nitrogens with one attached hydrogen (secondary N) is 1. The van der Waals surface area contributed by atoms with Gasteiger partial charge in [0.05, 0.1) is 12.8 Å². The molecule has 0 aromatic carbocycles. The lowest BCUT2D eigenvalue weighted by Gasteiger charge is -2.42. The highest BCUT2D eigenvalue weighted by atomic mass is 32.2. The van der Waals surface area contributed by atoms with Gasteiger partial charge in [-0.1, -0.05) is 19.8 Å². The molecular weight excluding hydrogens is 364 g/mol. The van der Waals surface area contributed by atoms with Gasteiger partial charge >= 0.3 is 0 Å². The third kappa shape index (κ3) is 6.14. The molecule has 7 nitrogen and oxygen atoms in total. The van der Waals surface area contributed by atoms with E-state index in [1.54, 1.807) is 4.31 Å². The van der Waals surface area contributed by atoms with Crippen molar-refractivity contribution >= 4 is 15.9 Å². The second kappa shape index (κ2) is 9.20. The first-order valence-corrected chi connectivity index (χ1v) is 12.4. The van der Waals surface area contributed by atoms with Crippen molar-refractivity contribution in [3.8, 4) is 0 Å². The summed E-state index contributed by atoms with van der Waals surface area (Å²) in [5, 5.41) is 3.23. The van der Waals surface area contributed by atoms with E-state index in [2.05, 4.69) is 22.0 Å². The van der Waals surface area contributed by atoms with Crippen LogP contribution in [0.1, 0.15) is 45.4 Å². The lowest BCUT2D eigenvalue weighted by molar-refractivity contribution is -0.123. The molecule has 0 spiro atoms. The molecule has 156 valence electrons. The van der Waals surface area contributed by atoms with Crippen molar-refractivity contribution in [2.24, 2.45) is 5.92 Å². The summed E-state index contributed by atoms with van der Waals surface area (Å²) < 4.78 is 24.9. The molecule has 1 amide bonds. The Morgan fingerprint density at radius 1 is 1.00 bits per heavy atom. The molecule has 0 aromatic heterocycles. The van der Waals surface area contributed by atoms with Crippen LogP contribution in [-0.4, -0.2) is 92.6 Å². The van der Waals surface area contributed by atoms with E-state index in [4.69, 9.17) is 0 Å². The minimum absolute atomic E-state index is 0.170. The smallest absolute Gasteiger partial charge is 0.234 e. The minimum atomic E-state index is -3.06. The molecule has 0 bridgehead atoms. The van der Waals surface area contributed by atoms with Crippen molar-refractivity contribution in [2.45, 2.75) is 57.5 Å². The maximum absolute atomic E-state index is 12.4. The van der Waals surface area contributed by atoms with Gasteiger partial charge in [0.15, 0.2) is 0 Å². The number of hydrogen-bond acceptors (Lipinski definition) is 5. The Kier molecular flexibility index (Phi) is 7.16. The van der Waals surface area contributed by atoms with E-state index in [0.29, 0.717) is 31.7 Å². The molecule has 3 rings (SSSR count). The SMILES string of the molecule is C[C@H]1CCC[C@@H](NC(=O)CN2CCN(C3CCN(S(C)(=O)=O)CC3)CC2)C1. The third-order valence-corrected chi connectivity index (χ3v) is 7.79. The van der Waals surface area contributed by atoms with Gasteiger partial charge in [-0.25, -0.2) is 12.7 Å². The number of piperazine rings is 1. The van der Waals surface area contributed by atoms with Gasteiger partial charge in [0.25, 0.3) is 0 Å². The molecule has 8 heteroatoms. The number of rotatable bonds is 5. The average molecular weight is 401 g/mol. The molecule has 27 heavy (non-hydrogen) atoms. The van der Waals surface area contributed by atoms with Crippen LogP contribution in [0.4, 0.5) is 0 Å². The van der Waals surface area contributed by atoms with Crippen molar-refractivity contribution < 1.29 is 13.2 Å². The van der Waals surface area contributed by atoms with Crippen molar-refractivity contribution in [1.29, 1.82) is 0 Å². The third-order valence-electron chi connectivity index (χ3n) is 6.48. The quantitative estimate of drug-likeness (QED) is 0.736. The highest BCUT2D eigenvalue weighted by Crippen LogP contribution is 2.23. The van der Waals surface area contributed by atoms with Crippen molar-refractivity contribution in [1.82, 2.24) is 19.4 Å². The first kappa shape index (κ1) is 21.0.